The molecule has 1 aromatic rings. The monoisotopic (exact) mass is 261 g/mol. The van der Waals surface area contributed by atoms with Crippen LogP contribution in [0.5, 0.6) is 0 Å². The highest BCUT2D eigenvalue weighted by Gasteiger charge is 2.18. The zero-order valence-electron chi connectivity index (χ0n) is 12.5. The SMILES string of the molecule is CC(C)CNCc1ccc(CN2CCC(C)C2)nc1. The van der Waals surface area contributed by atoms with E-state index in [1.54, 1.807) is 0 Å². The van der Waals surface area contributed by atoms with E-state index in [1.807, 2.05) is 6.20 Å². The van der Waals surface area contributed by atoms with Crippen molar-refractivity contribution in [3.63, 3.8) is 0 Å². The first-order valence-corrected chi connectivity index (χ1v) is 7.50. The third-order valence-corrected chi connectivity index (χ3v) is 3.66. The van der Waals surface area contributed by atoms with Crippen LogP contribution in [-0.4, -0.2) is 29.5 Å². The van der Waals surface area contributed by atoms with Gasteiger partial charge in [-0.25, -0.2) is 0 Å². The molecule has 1 atom stereocenters. The van der Waals surface area contributed by atoms with Crippen molar-refractivity contribution in [3.8, 4) is 0 Å². The minimum atomic E-state index is 0.699. The van der Waals surface area contributed by atoms with E-state index in [2.05, 4.69) is 48.1 Å². The number of hydrogen-bond acceptors (Lipinski definition) is 3. The molecule has 106 valence electrons. The normalized spacial score (nSPS) is 20.3. The Morgan fingerprint density at radius 1 is 1.42 bits per heavy atom. The van der Waals surface area contributed by atoms with E-state index in [1.165, 1.54) is 30.8 Å². The predicted octanol–water partition coefficient (Wildman–Crippen LogP) is 2.67. The van der Waals surface area contributed by atoms with E-state index in [4.69, 9.17) is 0 Å². The van der Waals surface area contributed by atoms with Crippen molar-refractivity contribution in [2.75, 3.05) is 19.6 Å². The van der Waals surface area contributed by atoms with Crippen LogP contribution >= 0.6 is 0 Å². The molecule has 1 aliphatic rings. The van der Waals surface area contributed by atoms with E-state index >= 15 is 0 Å². The standard InChI is InChI=1S/C16H27N3/c1-13(2)8-17-9-15-4-5-16(18-10-15)12-19-7-6-14(3)11-19/h4-5,10,13-14,17H,6-9,11-12H2,1-3H3. The molecule has 1 unspecified atom stereocenters. The van der Waals surface area contributed by atoms with Gasteiger partial charge >= 0.3 is 0 Å². The molecule has 0 amide bonds. The van der Waals surface area contributed by atoms with Gasteiger partial charge in [0.1, 0.15) is 0 Å². The second-order valence-electron chi connectivity index (χ2n) is 6.31. The zero-order chi connectivity index (χ0) is 13.7. The van der Waals surface area contributed by atoms with Gasteiger partial charge in [0, 0.05) is 25.8 Å². The van der Waals surface area contributed by atoms with Gasteiger partial charge in [-0.3, -0.25) is 9.88 Å². The Morgan fingerprint density at radius 2 is 2.26 bits per heavy atom. The van der Waals surface area contributed by atoms with Crippen LogP contribution in [0.4, 0.5) is 0 Å². The van der Waals surface area contributed by atoms with Crippen LogP contribution in [0.2, 0.25) is 0 Å². The second kappa shape index (κ2) is 7.01. The molecule has 0 aliphatic carbocycles. The van der Waals surface area contributed by atoms with Crippen molar-refractivity contribution in [3.05, 3.63) is 29.6 Å². The number of pyridine rings is 1. The fourth-order valence-corrected chi connectivity index (χ4v) is 2.56. The van der Waals surface area contributed by atoms with Gasteiger partial charge in [0.2, 0.25) is 0 Å². The van der Waals surface area contributed by atoms with Crippen molar-refractivity contribution in [2.24, 2.45) is 11.8 Å². The molecule has 0 saturated carbocycles. The van der Waals surface area contributed by atoms with Crippen molar-refractivity contribution in [2.45, 2.75) is 40.3 Å². The summed E-state index contributed by atoms with van der Waals surface area (Å²) >= 11 is 0. The van der Waals surface area contributed by atoms with Gasteiger partial charge in [-0.1, -0.05) is 26.8 Å². The van der Waals surface area contributed by atoms with Crippen molar-refractivity contribution >= 4 is 0 Å². The summed E-state index contributed by atoms with van der Waals surface area (Å²) in [6, 6.07) is 4.38. The molecule has 1 N–H and O–H groups in total. The summed E-state index contributed by atoms with van der Waals surface area (Å²) in [4.78, 5) is 7.09. The maximum atomic E-state index is 4.58. The predicted molar refractivity (Wildman–Crippen MR) is 79.8 cm³/mol. The lowest BCUT2D eigenvalue weighted by atomic mass is 10.2. The lowest BCUT2D eigenvalue weighted by Crippen LogP contribution is -2.21. The van der Waals surface area contributed by atoms with Gasteiger partial charge < -0.3 is 5.32 Å². The Balaban J connectivity index is 1.78. The molecule has 19 heavy (non-hydrogen) atoms. The average Bonchev–Trinajstić information content (AvgIpc) is 2.77. The average molecular weight is 261 g/mol. The maximum absolute atomic E-state index is 4.58. The number of nitrogens with one attached hydrogen (secondary N) is 1. The van der Waals surface area contributed by atoms with Crippen LogP contribution in [0.3, 0.4) is 0 Å². The minimum Gasteiger partial charge on any atom is -0.312 e. The highest BCUT2D eigenvalue weighted by molar-refractivity contribution is 5.14. The van der Waals surface area contributed by atoms with Crippen LogP contribution < -0.4 is 5.32 Å². The first-order valence-electron chi connectivity index (χ1n) is 7.50. The smallest absolute Gasteiger partial charge is 0.0544 e. The molecule has 0 aromatic carbocycles. The molecule has 2 heterocycles. The Bertz CT molecular complexity index is 372. The fourth-order valence-electron chi connectivity index (χ4n) is 2.56. The molecular weight excluding hydrogens is 234 g/mol. The summed E-state index contributed by atoms with van der Waals surface area (Å²) < 4.78 is 0. The van der Waals surface area contributed by atoms with E-state index in [-0.39, 0.29) is 0 Å². The van der Waals surface area contributed by atoms with Gasteiger partial charge in [-0.15, -0.1) is 0 Å². The number of rotatable bonds is 6. The highest BCUT2D eigenvalue weighted by Crippen LogP contribution is 2.17. The van der Waals surface area contributed by atoms with E-state index in [0.29, 0.717) is 5.92 Å². The molecule has 0 radical (unpaired) electrons. The van der Waals surface area contributed by atoms with Crippen LogP contribution in [0.15, 0.2) is 18.3 Å². The van der Waals surface area contributed by atoms with Gasteiger partial charge in [0.05, 0.1) is 5.69 Å². The second-order valence-corrected chi connectivity index (χ2v) is 6.31. The van der Waals surface area contributed by atoms with Gasteiger partial charge in [0.15, 0.2) is 0 Å². The molecule has 3 heteroatoms. The lowest BCUT2D eigenvalue weighted by Gasteiger charge is -2.14. The van der Waals surface area contributed by atoms with Crippen molar-refractivity contribution in [1.82, 2.24) is 15.2 Å². The summed E-state index contributed by atoms with van der Waals surface area (Å²) in [7, 11) is 0. The third kappa shape index (κ3) is 4.92. The summed E-state index contributed by atoms with van der Waals surface area (Å²) in [5, 5.41) is 3.45. The van der Waals surface area contributed by atoms with Crippen molar-refractivity contribution in [1.29, 1.82) is 0 Å². The summed E-state index contributed by atoms with van der Waals surface area (Å²) in [6.45, 7) is 12.2. The molecule has 0 bridgehead atoms. The van der Waals surface area contributed by atoms with Crippen LogP contribution in [0.25, 0.3) is 0 Å². The van der Waals surface area contributed by atoms with Crippen molar-refractivity contribution < 1.29 is 0 Å². The molecule has 1 aromatic heterocycles. The van der Waals surface area contributed by atoms with E-state index in [0.717, 1.165) is 25.6 Å². The molecule has 3 nitrogen and oxygen atoms in total. The molecule has 1 aliphatic heterocycles. The first kappa shape index (κ1) is 14.5. The van der Waals surface area contributed by atoms with Gasteiger partial charge in [-0.2, -0.15) is 0 Å². The van der Waals surface area contributed by atoms with Gasteiger partial charge in [0.25, 0.3) is 0 Å². The maximum Gasteiger partial charge on any atom is 0.0544 e. The van der Waals surface area contributed by atoms with E-state index in [9.17, 15) is 0 Å². The molecule has 2 rings (SSSR count). The number of aromatic nitrogens is 1. The zero-order valence-corrected chi connectivity index (χ0v) is 12.5. The first-order chi connectivity index (χ1) is 9.13. The number of likely N-dealkylation sites (tertiary alicyclic amines) is 1. The molecular formula is C16H27N3. The topological polar surface area (TPSA) is 28.2 Å². The quantitative estimate of drug-likeness (QED) is 0.853. The number of nitrogens with zero attached hydrogens (tertiary/aromatic N) is 2. The largest absolute Gasteiger partial charge is 0.312 e. The Morgan fingerprint density at radius 3 is 2.84 bits per heavy atom. The third-order valence-electron chi connectivity index (χ3n) is 3.66. The Labute approximate surface area is 117 Å². The van der Waals surface area contributed by atoms with Crippen LogP contribution in [-0.2, 0) is 13.1 Å². The Hall–Kier alpha value is -0.930. The summed E-state index contributed by atoms with van der Waals surface area (Å²) in [5.41, 5.74) is 2.47. The Kier molecular flexibility index (Phi) is 5.34. The fraction of sp³-hybridized carbons (Fsp3) is 0.688. The van der Waals surface area contributed by atoms with Crippen LogP contribution in [0, 0.1) is 11.8 Å². The minimum absolute atomic E-state index is 0.699. The lowest BCUT2D eigenvalue weighted by molar-refractivity contribution is 0.316. The van der Waals surface area contributed by atoms with Crippen LogP contribution in [0.1, 0.15) is 38.4 Å². The molecule has 1 saturated heterocycles. The molecule has 1 fully saturated rings. The summed E-state index contributed by atoms with van der Waals surface area (Å²) in [5.74, 6) is 1.55. The van der Waals surface area contributed by atoms with E-state index < -0.39 is 0 Å². The summed E-state index contributed by atoms with van der Waals surface area (Å²) in [6.07, 6.45) is 3.35. The number of hydrogen-bond donors (Lipinski definition) is 1. The van der Waals surface area contributed by atoms with Gasteiger partial charge in [-0.05, 0) is 43.0 Å². The highest BCUT2D eigenvalue weighted by atomic mass is 15.1. The molecule has 0 spiro atoms.